The van der Waals surface area contributed by atoms with Gasteiger partial charge in [-0.25, -0.2) is 12.8 Å². The summed E-state index contributed by atoms with van der Waals surface area (Å²) in [6.07, 6.45) is 12.7. The fourth-order valence-electron chi connectivity index (χ4n) is 5.51. The molecule has 0 saturated heterocycles. The van der Waals surface area contributed by atoms with Crippen LogP contribution in [0.3, 0.4) is 0 Å². The molecule has 6 aromatic rings. The fraction of sp³-hybridized carbons (Fsp3) is 0.219. The van der Waals surface area contributed by atoms with Crippen molar-refractivity contribution < 1.29 is 17.6 Å². The van der Waals surface area contributed by atoms with E-state index in [2.05, 4.69) is 35.5 Å². The predicted molar refractivity (Wildman–Crippen MR) is 167 cm³/mol. The van der Waals surface area contributed by atoms with Gasteiger partial charge in [0.25, 0.3) is 0 Å². The molecule has 44 heavy (non-hydrogen) atoms. The molecule has 5 aromatic heterocycles. The van der Waals surface area contributed by atoms with E-state index < -0.39 is 15.7 Å². The maximum atomic E-state index is 14.6. The van der Waals surface area contributed by atoms with E-state index in [4.69, 9.17) is 0 Å². The van der Waals surface area contributed by atoms with Crippen LogP contribution in [0.2, 0.25) is 0 Å². The molecule has 0 radical (unpaired) electrons. The fourth-order valence-corrected chi connectivity index (χ4v) is 6.11. The maximum absolute atomic E-state index is 14.6. The first-order valence-electron chi connectivity index (χ1n) is 14.3. The maximum Gasteiger partial charge on any atom is 0.227 e. The molecule has 222 valence electrons. The van der Waals surface area contributed by atoms with Crippen molar-refractivity contribution in [1.82, 2.24) is 30.1 Å². The average Bonchev–Trinajstić information content (AvgIpc) is 3.58. The number of hydrogen-bond acceptors (Lipinski definition) is 7. The van der Waals surface area contributed by atoms with E-state index in [1.54, 1.807) is 37.1 Å². The summed E-state index contributed by atoms with van der Waals surface area (Å²) in [5, 5.41) is 12.2. The smallest absolute Gasteiger partial charge is 0.227 e. The third-order valence-electron chi connectivity index (χ3n) is 8.06. The van der Waals surface area contributed by atoms with Gasteiger partial charge in [0.15, 0.2) is 0 Å². The van der Waals surface area contributed by atoms with Crippen molar-refractivity contribution in [2.24, 2.45) is 5.92 Å². The average molecular weight is 610 g/mol. The Labute approximate surface area is 252 Å². The lowest BCUT2D eigenvalue weighted by Gasteiger charge is -2.24. The molecule has 0 spiro atoms. The zero-order valence-electron chi connectivity index (χ0n) is 23.8. The Bertz CT molecular complexity index is 2170. The molecule has 1 saturated carbocycles. The summed E-state index contributed by atoms with van der Waals surface area (Å²) >= 11 is 0. The molecule has 5 heterocycles. The number of anilines is 1. The molecule has 1 aliphatic rings. The van der Waals surface area contributed by atoms with Gasteiger partial charge in [0.1, 0.15) is 21.3 Å². The summed E-state index contributed by atoms with van der Waals surface area (Å²) in [7, 11) is -3.19. The Hall–Kier alpha value is -4.97. The zero-order valence-corrected chi connectivity index (χ0v) is 24.6. The van der Waals surface area contributed by atoms with Crippen molar-refractivity contribution in [3.63, 3.8) is 0 Å². The number of nitrogens with one attached hydrogen (secondary N) is 3. The number of sulfone groups is 1. The highest BCUT2D eigenvalue weighted by Crippen LogP contribution is 2.35. The van der Waals surface area contributed by atoms with Gasteiger partial charge in [0.2, 0.25) is 5.91 Å². The Morgan fingerprint density at radius 1 is 0.955 bits per heavy atom. The van der Waals surface area contributed by atoms with Crippen LogP contribution in [0.5, 0.6) is 0 Å². The lowest BCUT2D eigenvalue weighted by Crippen LogP contribution is -2.28. The summed E-state index contributed by atoms with van der Waals surface area (Å²) in [4.78, 5) is 29.1. The predicted octanol–water partition coefficient (Wildman–Crippen LogP) is 5.70. The number of halogens is 1. The van der Waals surface area contributed by atoms with Crippen molar-refractivity contribution in [1.29, 1.82) is 0 Å². The van der Waals surface area contributed by atoms with Crippen LogP contribution < -0.4 is 5.32 Å². The van der Waals surface area contributed by atoms with E-state index in [0.717, 1.165) is 52.3 Å². The summed E-state index contributed by atoms with van der Waals surface area (Å²) in [5.41, 5.74) is 6.84. The molecular formula is C32H28FN7O3S. The van der Waals surface area contributed by atoms with Crippen LogP contribution in [0, 0.1) is 11.7 Å². The van der Waals surface area contributed by atoms with Crippen molar-refractivity contribution in [3.05, 3.63) is 78.8 Å². The standard InChI is InChI=1S/C32H28FN7O3S/c1-44(42,43)6-5-18-7-20(9-22(33)8-18)26-15-35-16-29-24(26)11-28(38-29)31-25-12-27(36-17-30(25)39-40-31)21-10-23(14-34-13-21)37-32(41)19-3-2-4-19/h7-17,19,38H,2-6H2,1H3,(H,37,41)(H,39,40). The van der Waals surface area contributed by atoms with Crippen LogP contribution in [0.15, 0.2) is 67.4 Å². The SMILES string of the molecule is CS(=O)(=O)CCc1cc(F)cc(-c2cncc3[nH]c(-c4n[nH]c5cnc(-c6cncc(NC(=O)C7CCC7)c6)cc45)cc23)c1. The number of pyridine rings is 3. The second-order valence-corrected chi connectivity index (χ2v) is 13.6. The van der Waals surface area contributed by atoms with E-state index in [1.807, 2.05) is 18.2 Å². The van der Waals surface area contributed by atoms with Crippen LogP contribution in [0.1, 0.15) is 24.8 Å². The number of nitrogens with zero attached hydrogens (tertiary/aromatic N) is 4. The number of carbonyl (C=O) groups is 1. The first-order valence-corrected chi connectivity index (χ1v) is 16.3. The number of carbonyl (C=O) groups excluding carboxylic acids is 1. The van der Waals surface area contributed by atoms with Gasteiger partial charge < -0.3 is 10.3 Å². The van der Waals surface area contributed by atoms with Gasteiger partial charge in [-0.3, -0.25) is 24.8 Å². The largest absolute Gasteiger partial charge is 0.352 e. The third kappa shape index (κ3) is 5.55. The van der Waals surface area contributed by atoms with E-state index in [0.29, 0.717) is 33.8 Å². The van der Waals surface area contributed by atoms with Gasteiger partial charge in [-0.15, -0.1) is 0 Å². The number of rotatable bonds is 8. The van der Waals surface area contributed by atoms with Crippen LogP contribution in [0.25, 0.3) is 55.6 Å². The minimum Gasteiger partial charge on any atom is -0.352 e. The van der Waals surface area contributed by atoms with Crippen molar-refractivity contribution in [2.45, 2.75) is 25.7 Å². The first-order chi connectivity index (χ1) is 21.2. The molecule has 10 nitrogen and oxygen atoms in total. The van der Waals surface area contributed by atoms with Gasteiger partial charge in [0, 0.05) is 46.5 Å². The molecule has 0 atom stereocenters. The summed E-state index contributed by atoms with van der Waals surface area (Å²) in [5.74, 6) is -0.424. The zero-order chi connectivity index (χ0) is 30.4. The van der Waals surface area contributed by atoms with Gasteiger partial charge in [-0.2, -0.15) is 5.10 Å². The second kappa shape index (κ2) is 10.9. The molecule has 0 bridgehead atoms. The number of hydrogen-bond donors (Lipinski definition) is 3. The van der Waals surface area contributed by atoms with E-state index in [9.17, 15) is 17.6 Å². The van der Waals surface area contributed by atoms with Crippen LogP contribution in [-0.4, -0.2) is 56.5 Å². The number of amides is 1. The van der Waals surface area contributed by atoms with Crippen LogP contribution >= 0.6 is 0 Å². The molecule has 3 N–H and O–H groups in total. The molecule has 0 aliphatic heterocycles. The number of H-pyrrole nitrogens is 2. The van der Waals surface area contributed by atoms with Gasteiger partial charge in [-0.05, 0) is 60.7 Å². The van der Waals surface area contributed by atoms with Crippen LogP contribution in [0.4, 0.5) is 10.1 Å². The van der Waals surface area contributed by atoms with Gasteiger partial charge in [-0.1, -0.05) is 12.5 Å². The Morgan fingerprint density at radius 2 is 1.80 bits per heavy atom. The molecular weight excluding hydrogens is 581 g/mol. The number of benzene rings is 1. The lowest BCUT2D eigenvalue weighted by molar-refractivity contribution is -0.122. The van der Waals surface area contributed by atoms with Crippen molar-refractivity contribution >= 4 is 43.2 Å². The lowest BCUT2D eigenvalue weighted by atomic mass is 9.85. The van der Waals surface area contributed by atoms with Crippen molar-refractivity contribution in [3.8, 4) is 33.8 Å². The third-order valence-corrected chi connectivity index (χ3v) is 9.00. The normalized spacial score (nSPS) is 13.8. The molecule has 0 unspecified atom stereocenters. The quantitative estimate of drug-likeness (QED) is 0.201. The number of fused-ring (bicyclic) bond motifs is 2. The summed E-state index contributed by atoms with van der Waals surface area (Å²) < 4.78 is 38.0. The second-order valence-electron chi connectivity index (χ2n) is 11.3. The Balaban J connectivity index is 1.23. The highest BCUT2D eigenvalue weighted by atomic mass is 32.2. The van der Waals surface area contributed by atoms with Gasteiger partial charge in [0.05, 0.1) is 52.5 Å². The summed E-state index contributed by atoms with van der Waals surface area (Å²) in [6.45, 7) is 0. The highest BCUT2D eigenvalue weighted by molar-refractivity contribution is 7.90. The minimum absolute atomic E-state index is 0.0202. The first kappa shape index (κ1) is 27.8. The molecule has 1 amide bonds. The monoisotopic (exact) mass is 609 g/mol. The minimum atomic E-state index is -3.19. The Kier molecular flexibility index (Phi) is 6.92. The molecule has 1 aliphatic carbocycles. The summed E-state index contributed by atoms with van der Waals surface area (Å²) in [6, 6.07) is 10.3. The molecule has 1 aromatic carbocycles. The Morgan fingerprint density at radius 3 is 2.59 bits per heavy atom. The highest BCUT2D eigenvalue weighted by Gasteiger charge is 2.25. The van der Waals surface area contributed by atoms with Gasteiger partial charge >= 0.3 is 0 Å². The van der Waals surface area contributed by atoms with E-state index >= 15 is 0 Å². The number of aromatic amines is 2. The van der Waals surface area contributed by atoms with E-state index in [-0.39, 0.29) is 24.0 Å². The van der Waals surface area contributed by atoms with E-state index in [1.165, 1.54) is 18.4 Å². The molecule has 7 rings (SSSR count). The number of aromatic nitrogens is 6. The van der Waals surface area contributed by atoms with Crippen molar-refractivity contribution in [2.75, 3.05) is 17.3 Å². The molecule has 1 fully saturated rings. The number of aryl methyl sites for hydroxylation is 1. The topological polar surface area (TPSA) is 146 Å². The van der Waals surface area contributed by atoms with Crippen LogP contribution in [-0.2, 0) is 21.1 Å². The molecule has 12 heteroatoms.